The maximum atomic E-state index is 11.6. The summed E-state index contributed by atoms with van der Waals surface area (Å²) < 4.78 is 7.76. The highest BCUT2D eigenvalue weighted by molar-refractivity contribution is 9.10. The SMILES string of the molecule is CCOC(=O)c1nn2c(c1Br)CC1(CC1)C2. The molecule has 1 saturated carbocycles. The topological polar surface area (TPSA) is 44.1 Å². The van der Waals surface area contributed by atoms with Crippen LogP contribution in [0.25, 0.3) is 0 Å². The molecule has 2 aliphatic rings. The molecule has 3 rings (SSSR count). The highest BCUT2D eigenvalue weighted by atomic mass is 79.9. The smallest absolute Gasteiger partial charge is 0.360 e. The first-order valence-corrected chi connectivity index (χ1v) is 6.37. The molecule has 1 fully saturated rings. The average Bonchev–Trinajstić information content (AvgIpc) is 2.78. The summed E-state index contributed by atoms with van der Waals surface area (Å²) in [7, 11) is 0. The van der Waals surface area contributed by atoms with E-state index in [4.69, 9.17) is 4.74 Å². The van der Waals surface area contributed by atoms with Crippen LogP contribution in [0.1, 0.15) is 35.9 Å². The first-order chi connectivity index (χ1) is 7.65. The lowest BCUT2D eigenvalue weighted by Crippen LogP contribution is -2.10. The number of carbonyl (C=O) groups excluding carboxylic acids is 1. The van der Waals surface area contributed by atoms with Crippen LogP contribution in [0.3, 0.4) is 0 Å². The van der Waals surface area contributed by atoms with E-state index in [1.165, 1.54) is 12.8 Å². The Balaban J connectivity index is 1.91. The molecule has 86 valence electrons. The summed E-state index contributed by atoms with van der Waals surface area (Å²) in [4.78, 5) is 11.6. The highest BCUT2D eigenvalue weighted by Crippen LogP contribution is 2.54. The monoisotopic (exact) mass is 284 g/mol. The third kappa shape index (κ3) is 1.41. The molecule has 0 unspecified atom stereocenters. The number of aromatic nitrogens is 2. The molecule has 0 radical (unpaired) electrons. The molecule has 4 nitrogen and oxygen atoms in total. The van der Waals surface area contributed by atoms with Gasteiger partial charge < -0.3 is 4.74 Å². The fourth-order valence-electron chi connectivity index (χ4n) is 2.34. The summed E-state index contributed by atoms with van der Waals surface area (Å²) in [6, 6.07) is 0. The van der Waals surface area contributed by atoms with Gasteiger partial charge in [-0.05, 0) is 47.5 Å². The van der Waals surface area contributed by atoms with Crippen LogP contribution < -0.4 is 0 Å². The van der Waals surface area contributed by atoms with Crippen LogP contribution in [0.2, 0.25) is 0 Å². The van der Waals surface area contributed by atoms with E-state index in [2.05, 4.69) is 21.0 Å². The zero-order valence-electron chi connectivity index (χ0n) is 9.12. The van der Waals surface area contributed by atoms with Crippen LogP contribution >= 0.6 is 15.9 Å². The Morgan fingerprint density at radius 2 is 2.38 bits per heavy atom. The van der Waals surface area contributed by atoms with Crippen LogP contribution in [0.5, 0.6) is 0 Å². The van der Waals surface area contributed by atoms with E-state index in [1.54, 1.807) is 6.92 Å². The van der Waals surface area contributed by atoms with Crippen molar-refractivity contribution in [3.63, 3.8) is 0 Å². The molecular formula is C11H13BrN2O2. The van der Waals surface area contributed by atoms with Gasteiger partial charge in [0.1, 0.15) is 0 Å². The van der Waals surface area contributed by atoms with Crippen molar-refractivity contribution in [2.75, 3.05) is 6.61 Å². The number of hydrogen-bond acceptors (Lipinski definition) is 3. The van der Waals surface area contributed by atoms with Crippen LogP contribution in [0.4, 0.5) is 0 Å². The number of esters is 1. The predicted octanol–water partition coefficient (Wildman–Crippen LogP) is 2.16. The summed E-state index contributed by atoms with van der Waals surface area (Å²) in [6.45, 7) is 3.15. The van der Waals surface area contributed by atoms with E-state index in [-0.39, 0.29) is 5.97 Å². The van der Waals surface area contributed by atoms with E-state index in [0.717, 1.165) is 23.1 Å². The average molecular weight is 285 g/mol. The Hall–Kier alpha value is -0.840. The van der Waals surface area contributed by atoms with Gasteiger partial charge in [-0.1, -0.05) is 0 Å². The van der Waals surface area contributed by atoms with Crippen LogP contribution in [0, 0.1) is 5.41 Å². The number of carbonyl (C=O) groups is 1. The number of rotatable bonds is 2. The fraction of sp³-hybridized carbons (Fsp3) is 0.636. The van der Waals surface area contributed by atoms with E-state index in [9.17, 15) is 4.79 Å². The number of nitrogens with zero attached hydrogens (tertiary/aromatic N) is 2. The molecule has 0 saturated heterocycles. The van der Waals surface area contributed by atoms with Gasteiger partial charge in [0.2, 0.25) is 0 Å². The number of ether oxygens (including phenoxy) is 1. The first-order valence-electron chi connectivity index (χ1n) is 5.57. The maximum Gasteiger partial charge on any atom is 0.360 e. The van der Waals surface area contributed by atoms with Gasteiger partial charge in [-0.2, -0.15) is 5.10 Å². The summed E-state index contributed by atoms with van der Waals surface area (Å²) in [5.41, 5.74) is 2.05. The lowest BCUT2D eigenvalue weighted by atomic mass is 10.0. The Bertz CT molecular complexity index is 463. The summed E-state index contributed by atoms with van der Waals surface area (Å²) in [6.07, 6.45) is 3.62. The number of halogens is 1. The Kier molecular flexibility index (Phi) is 2.14. The zero-order valence-corrected chi connectivity index (χ0v) is 10.7. The van der Waals surface area contributed by atoms with E-state index in [1.807, 2.05) is 4.68 Å². The lowest BCUT2D eigenvalue weighted by molar-refractivity contribution is 0.0517. The fourth-order valence-corrected chi connectivity index (χ4v) is 2.93. The van der Waals surface area contributed by atoms with Crippen molar-refractivity contribution in [3.8, 4) is 0 Å². The maximum absolute atomic E-state index is 11.6. The van der Waals surface area contributed by atoms with Crippen molar-refractivity contribution < 1.29 is 9.53 Å². The molecule has 0 aromatic carbocycles. The molecule has 5 heteroatoms. The van der Waals surface area contributed by atoms with Gasteiger partial charge in [-0.25, -0.2) is 4.79 Å². The zero-order chi connectivity index (χ0) is 11.3. The Morgan fingerprint density at radius 3 is 2.94 bits per heavy atom. The van der Waals surface area contributed by atoms with Crippen LogP contribution in [-0.4, -0.2) is 22.4 Å². The molecule has 1 aromatic rings. The third-order valence-corrected chi connectivity index (χ3v) is 4.28. The molecule has 0 atom stereocenters. The molecule has 0 bridgehead atoms. The minimum atomic E-state index is -0.332. The quantitative estimate of drug-likeness (QED) is 0.782. The first kappa shape index (κ1) is 10.3. The predicted molar refractivity (Wildman–Crippen MR) is 61.3 cm³/mol. The Labute approximate surface area is 102 Å². The molecule has 0 N–H and O–H groups in total. The second kappa shape index (κ2) is 3.32. The molecule has 1 aromatic heterocycles. The highest BCUT2D eigenvalue weighted by Gasteiger charge is 2.49. The van der Waals surface area contributed by atoms with Gasteiger partial charge in [0.15, 0.2) is 5.69 Å². The van der Waals surface area contributed by atoms with Gasteiger partial charge in [0.25, 0.3) is 0 Å². The van der Waals surface area contributed by atoms with Gasteiger partial charge in [0, 0.05) is 6.54 Å². The van der Waals surface area contributed by atoms with Crippen molar-refractivity contribution in [2.24, 2.45) is 5.41 Å². The normalized spacial score (nSPS) is 19.9. The number of fused-ring (bicyclic) bond motifs is 1. The molecular weight excluding hydrogens is 272 g/mol. The minimum Gasteiger partial charge on any atom is -0.461 e. The molecule has 0 amide bonds. The summed E-state index contributed by atoms with van der Waals surface area (Å²) in [5.74, 6) is -0.332. The molecule has 16 heavy (non-hydrogen) atoms. The second-order valence-corrected chi connectivity index (χ2v) is 5.46. The van der Waals surface area contributed by atoms with Gasteiger partial charge >= 0.3 is 5.97 Å². The van der Waals surface area contributed by atoms with Crippen LogP contribution in [-0.2, 0) is 17.7 Å². The van der Waals surface area contributed by atoms with Crippen molar-refractivity contribution >= 4 is 21.9 Å². The van der Waals surface area contributed by atoms with Crippen molar-refractivity contribution in [3.05, 3.63) is 15.9 Å². The molecule has 1 aliphatic carbocycles. The number of hydrogen-bond donors (Lipinski definition) is 0. The summed E-state index contributed by atoms with van der Waals surface area (Å²) >= 11 is 3.47. The van der Waals surface area contributed by atoms with Crippen LogP contribution in [0.15, 0.2) is 4.47 Å². The lowest BCUT2D eigenvalue weighted by Gasteiger charge is -2.03. The van der Waals surface area contributed by atoms with Gasteiger partial charge in [0.05, 0.1) is 16.8 Å². The molecule has 1 spiro atoms. The Morgan fingerprint density at radius 1 is 1.62 bits per heavy atom. The van der Waals surface area contributed by atoms with Crippen molar-refractivity contribution in [1.29, 1.82) is 0 Å². The van der Waals surface area contributed by atoms with Crippen molar-refractivity contribution in [1.82, 2.24) is 9.78 Å². The van der Waals surface area contributed by atoms with E-state index >= 15 is 0 Å². The van der Waals surface area contributed by atoms with E-state index in [0.29, 0.717) is 17.7 Å². The van der Waals surface area contributed by atoms with Gasteiger partial charge in [-0.15, -0.1) is 0 Å². The standard InChI is InChI=1S/C11H13BrN2O2/c1-2-16-10(15)9-8(12)7-5-11(3-4-11)6-14(7)13-9/h2-6H2,1H3. The minimum absolute atomic E-state index is 0.332. The van der Waals surface area contributed by atoms with E-state index < -0.39 is 0 Å². The summed E-state index contributed by atoms with van der Waals surface area (Å²) in [5, 5.41) is 4.34. The molecule has 1 aliphatic heterocycles. The third-order valence-electron chi connectivity index (χ3n) is 3.45. The molecule has 2 heterocycles. The van der Waals surface area contributed by atoms with Gasteiger partial charge in [-0.3, -0.25) is 4.68 Å². The largest absolute Gasteiger partial charge is 0.461 e. The van der Waals surface area contributed by atoms with Crippen molar-refractivity contribution in [2.45, 2.75) is 32.7 Å². The second-order valence-electron chi connectivity index (χ2n) is 4.66.